The van der Waals surface area contributed by atoms with Crippen molar-refractivity contribution in [3.05, 3.63) is 12.4 Å². The van der Waals surface area contributed by atoms with Crippen LogP contribution in [0.4, 0.5) is 5.69 Å². The predicted octanol–water partition coefficient (Wildman–Crippen LogP) is 0.843. The lowest BCUT2D eigenvalue weighted by Crippen LogP contribution is -2.20. The summed E-state index contributed by atoms with van der Waals surface area (Å²) in [6.45, 7) is 3.80. The van der Waals surface area contributed by atoms with Crippen LogP contribution in [0.25, 0.3) is 0 Å². The van der Waals surface area contributed by atoms with E-state index in [0.29, 0.717) is 19.7 Å². The highest BCUT2D eigenvalue weighted by Crippen LogP contribution is 2.10. The first kappa shape index (κ1) is 14.7. The Bertz CT molecular complexity index is 365. The first-order valence-electron chi connectivity index (χ1n) is 6.19. The number of hydrogen-bond acceptors (Lipinski definition) is 4. The molecule has 6 nitrogen and oxygen atoms in total. The maximum absolute atomic E-state index is 11.8. The summed E-state index contributed by atoms with van der Waals surface area (Å²) < 4.78 is 6.70. The molecule has 0 bridgehead atoms. The van der Waals surface area contributed by atoms with E-state index in [2.05, 4.69) is 10.4 Å². The van der Waals surface area contributed by atoms with Crippen LogP contribution in [0.15, 0.2) is 12.4 Å². The Hall–Kier alpha value is -1.40. The van der Waals surface area contributed by atoms with Crippen molar-refractivity contribution in [2.75, 3.05) is 25.6 Å². The Balaban J connectivity index is 2.41. The first-order valence-corrected chi connectivity index (χ1v) is 6.19. The molecule has 3 N–H and O–H groups in total. The number of carbonyl (C=O) groups is 1. The molecule has 1 aromatic heterocycles. The number of aromatic nitrogens is 2. The van der Waals surface area contributed by atoms with Gasteiger partial charge in [-0.05, 0) is 19.4 Å². The summed E-state index contributed by atoms with van der Waals surface area (Å²) in [6.07, 6.45) is 5.11. The van der Waals surface area contributed by atoms with E-state index in [1.165, 1.54) is 0 Å². The molecule has 0 aromatic carbocycles. The number of amides is 1. The second-order valence-corrected chi connectivity index (χ2v) is 4.31. The zero-order valence-electron chi connectivity index (χ0n) is 11.1. The topological polar surface area (TPSA) is 82.2 Å². The van der Waals surface area contributed by atoms with Gasteiger partial charge in [0.05, 0.1) is 25.0 Å². The molecule has 1 rings (SSSR count). The summed E-state index contributed by atoms with van der Waals surface area (Å²) in [5, 5.41) is 6.97. The molecule has 0 spiro atoms. The molecule has 1 atom stereocenters. The Morgan fingerprint density at radius 3 is 3.11 bits per heavy atom. The number of nitrogens with one attached hydrogen (secondary N) is 1. The molecule has 1 amide bonds. The van der Waals surface area contributed by atoms with Crippen molar-refractivity contribution in [3.63, 3.8) is 0 Å². The standard InChI is InChI=1S/C12H22N4O2/c1-10(4-3-5-13)12(17)15-11-8-14-16(9-11)6-7-18-2/h8-10H,3-7,13H2,1-2H3,(H,15,17). The lowest BCUT2D eigenvalue weighted by atomic mass is 10.1. The van der Waals surface area contributed by atoms with Crippen LogP contribution in [0.1, 0.15) is 19.8 Å². The van der Waals surface area contributed by atoms with Crippen LogP contribution in [0, 0.1) is 5.92 Å². The lowest BCUT2D eigenvalue weighted by molar-refractivity contribution is -0.119. The van der Waals surface area contributed by atoms with E-state index in [1.54, 1.807) is 24.2 Å². The highest BCUT2D eigenvalue weighted by Gasteiger charge is 2.13. The fourth-order valence-corrected chi connectivity index (χ4v) is 1.56. The second-order valence-electron chi connectivity index (χ2n) is 4.31. The van der Waals surface area contributed by atoms with Crippen LogP contribution >= 0.6 is 0 Å². The minimum Gasteiger partial charge on any atom is -0.383 e. The van der Waals surface area contributed by atoms with Crippen molar-refractivity contribution in [3.8, 4) is 0 Å². The third kappa shape index (κ3) is 4.85. The largest absolute Gasteiger partial charge is 0.383 e. The van der Waals surface area contributed by atoms with Crippen molar-refractivity contribution in [1.82, 2.24) is 9.78 Å². The monoisotopic (exact) mass is 254 g/mol. The van der Waals surface area contributed by atoms with Gasteiger partial charge in [0.15, 0.2) is 0 Å². The van der Waals surface area contributed by atoms with Gasteiger partial charge in [0, 0.05) is 19.2 Å². The Labute approximate surface area is 107 Å². The average Bonchev–Trinajstić information content (AvgIpc) is 2.80. The fourth-order valence-electron chi connectivity index (χ4n) is 1.56. The van der Waals surface area contributed by atoms with E-state index in [1.807, 2.05) is 6.92 Å². The van der Waals surface area contributed by atoms with E-state index >= 15 is 0 Å². The smallest absolute Gasteiger partial charge is 0.227 e. The highest BCUT2D eigenvalue weighted by molar-refractivity contribution is 5.91. The molecule has 18 heavy (non-hydrogen) atoms. The van der Waals surface area contributed by atoms with Gasteiger partial charge in [0.2, 0.25) is 5.91 Å². The summed E-state index contributed by atoms with van der Waals surface area (Å²) >= 11 is 0. The number of nitrogens with zero attached hydrogens (tertiary/aromatic N) is 2. The maximum Gasteiger partial charge on any atom is 0.227 e. The minimum atomic E-state index is -0.0316. The molecule has 1 heterocycles. The van der Waals surface area contributed by atoms with Gasteiger partial charge in [-0.2, -0.15) is 5.10 Å². The van der Waals surface area contributed by atoms with Crippen LogP contribution < -0.4 is 11.1 Å². The first-order chi connectivity index (χ1) is 8.67. The molecule has 1 unspecified atom stereocenters. The SMILES string of the molecule is COCCn1cc(NC(=O)C(C)CCCN)cn1. The van der Waals surface area contributed by atoms with Gasteiger partial charge in [-0.1, -0.05) is 6.92 Å². The molecule has 0 aliphatic heterocycles. The average molecular weight is 254 g/mol. The summed E-state index contributed by atoms with van der Waals surface area (Å²) in [5.41, 5.74) is 6.14. The number of rotatable bonds is 8. The van der Waals surface area contributed by atoms with E-state index in [-0.39, 0.29) is 11.8 Å². The number of nitrogens with two attached hydrogens (primary N) is 1. The van der Waals surface area contributed by atoms with Gasteiger partial charge in [-0.15, -0.1) is 0 Å². The minimum absolute atomic E-state index is 0.00902. The molecule has 0 saturated carbocycles. The van der Waals surface area contributed by atoms with E-state index in [9.17, 15) is 4.79 Å². The number of ether oxygens (including phenoxy) is 1. The lowest BCUT2D eigenvalue weighted by Gasteiger charge is -2.09. The zero-order valence-corrected chi connectivity index (χ0v) is 11.1. The number of carbonyl (C=O) groups excluding carboxylic acids is 1. The second kappa shape index (κ2) is 7.84. The summed E-state index contributed by atoms with van der Waals surface area (Å²) in [5.74, 6) is -0.0226. The Morgan fingerprint density at radius 1 is 1.67 bits per heavy atom. The van der Waals surface area contributed by atoms with E-state index < -0.39 is 0 Å². The third-order valence-corrected chi connectivity index (χ3v) is 2.71. The number of anilines is 1. The van der Waals surface area contributed by atoms with E-state index in [4.69, 9.17) is 10.5 Å². The van der Waals surface area contributed by atoms with Crippen LogP contribution in [-0.2, 0) is 16.1 Å². The number of methoxy groups -OCH3 is 1. The summed E-state index contributed by atoms with van der Waals surface area (Å²) in [4.78, 5) is 11.8. The van der Waals surface area contributed by atoms with Crippen molar-refractivity contribution in [2.24, 2.45) is 11.7 Å². The molecular formula is C12H22N4O2. The van der Waals surface area contributed by atoms with Crippen molar-refractivity contribution in [2.45, 2.75) is 26.3 Å². The maximum atomic E-state index is 11.8. The molecule has 0 radical (unpaired) electrons. The van der Waals surface area contributed by atoms with Crippen molar-refractivity contribution in [1.29, 1.82) is 0 Å². The van der Waals surface area contributed by atoms with Crippen LogP contribution in [0.3, 0.4) is 0 Å². The van der Waals surface area contributed by atoms with Gasteiger partial charge in [-0.25, -0.2) is 0 Å². The number of hydrogen-bond donors (Lipinski definition) is 2. The third-order valence-electron chi connectivity index (χ3n) is 2.71. The molecule has 0 aliphatic carbocycles. The van der Waals surface area contributed by atoms with Gasteiger partial charge in [-0.3, -0.25) is 9.48 Å². The molecule has 102 valence electrons. The molecule has 0 saturated heterocycles. The molecular weight excluding hydrogens is 232 g/mol. The molecule has 6 heteroatoms. The van der Waals surface area contributed by atoms with Gasteiger partial charge < -0.3 is 15.8 Å². The molecule has 0 aliphatic rings. The fraction of sp³-hybridized carbons (Fsp3) is 0.667. The summed E-state index contributed by atoms with van der Waals surface area (Å²) in [7, 11) is 1.64. The summed E-state index contributed by atoms with van der Waals surface area (Å²) in [6, 6.07) is 0. The van der Waals surface area contributed by atoms with E-state index in [0.717, 1.165) is 18.5 Å². The predicted molar refractivity (Wildman–Crippen MR) is 70.2 cm³/mol. The van der Waals surface area contributed by atoms with Crippen molar-refractivity contribution >= 4 is 11.6 Å². The zero-order chi connectivity index (χ0) is 13.4. The van der Waals surface area contributed by atoms with Crippen LogP contribution in [0.5, 0.6) is 0 Å². The van der Waals surface area contributed by atoms with Gasteiger partial charge in [0.25, 0.3) is 0 Å². The van der Waals surface area contributed by atoms with Gasteiger partial charge in [0.1, 0.15) is 0 Å². The molecule has 0 fully saturated rings. The Morgan fingerprint density at radius 2 is 2.44 bits per heavy atom. The van der Waals surface area contributed by atoms with Crippen LogP contribution in [-0.4, -0.2) is 35.9 Å². The Kier molecular flexibility index (Phi) is 6.38. The quantitative estimate of drug-likeness (QED) is 0.720. The molecule has 1 aromatic rings. The highest BCUT2D eigenvalue weighted by atomic mass is 16.5. The normalized spacial score (nSPS) is 12.4. The van der Waals surface area contributed by atoms with Crippen molar-refractivity contribution < 1.29 is 9.53 Å². The van der Waals surface area contributed by atoms with Gasteiger partial charge >= 0.3 is 0 Å². The van der Waals surface area contributed by atoms with Crippen LogP contribution in [0.2, 0.25) is 0 Å².